The fourth-order valence-electron chi connectivity index (χ4n) is 8.46. The number of carbonyl (C=O) groups excluding carboxylic acids is 3. The van der Waals surface area contributed by atoms with Gasteiger partial charge in [-0.25, -0.2) is 4.79 Å². The summed E-state index contributed by atoms with van der Waals surface area (Å²) in [6.07, 6.45) is 37.2. The zero-order valence-electron chi connectivity index (χ0n) is 37.6. The van der Waals surface area contributed by atoms with Crippen molar-refractivity contribution in [3.05, 3.63) is 0 Å². The Kier molecular flexibility index (Phi) is 35.3. The predicted molar refractivity (Wildman–Crippen MR) is 237 cm³/mol. The number of imide groups is 1. The molecule has 0 bridgehead atoms. The number of carboxylic acids is 1. The number of urea groups is 1. The molecule has 0 aromatic heterocycles. The molecule has 9 nitrogen and oxygen atoms in total. The molecule has 3 amide bonds. The number of nitrogens with one attached hydrogen (secondary N) is 1. The number of hydrogen-bond donors (Lipinski definition) is 2. The van der Waals surface area contributed by atoms with Crippen molar-refractivity contribution in [2.24, 2.45) is 11.8 Å². The van der Waals surface area contributed by atoms with E-state index in [2.05, 4.69) is 31.0 Å². The van der Waals surface area contributed by atoms with E-state index in [1.165, 1.54) is 101 Å². The van der Waals surface area contributed by atoms with Crippen LogP contribution in [0.3, 0.4) is 0 Å². The molecule has 0 saturated carbocycles. The smallest absolute Gasteiger partial charge is 0.324 e. The highest BCUT2D eigenvalue weighted by Crippen LogP contribution is 2.30. The van der Waals surface area contributed by atoms with Crippen molar-refractivity contribution in [2.75, 3.05) is 39.3 Å². The van der Waals surface area contributed by atoms with E-state index in [-0.39, 0.29) is 30.4 Å². The van der Waals surface area contributed by atoms with Crippen LogP contribution in [0.4, 0.5) is 4.79 Å². The lowest BCUT2D eigenvalue weighted by atomic mass is 9.80. The van der Waals surface area contributed by atoms with Crippen molar-refractivity contribution in [2.45, 2.75) is 233 Å². The molecule has 0 aromatic carbocycles. The molecule has 0 aliphatic carbocycles. The molecular formula is C48H91N3O6. The van der Waals surface area contributed by atoms with Crippen LogP contribution in [0.15, 0.2) is 0 Å². The lowest BCUT2D eigenvalue weighted by molar-refractivity contribution is -0.145. The van der Waals surface area contributed by atoms with Crippen LogP contribution in [0.1, 0.15) is 233 Å². The number of rotatable bonds is 43. The second kappa shape index (κ2) is 38.1. The van der Waals surface area contributed by atoms with Crippen molar-refractivity contribution < 1.29 is 29.0 Å². The summed E-state index contributed by atoms with van der Waals surface area (Å²) in [7, 11) is 0. The third-order valence-corrected chi connectivity index (χ3v) is 12.1. The minimum atomic E-state index is -0.591. The van der Waals surface area contributed by atoms with Crippen LogP contribution < -0.4 is 5.32 Å². The highest BCUT2D eigenvalue weighted by molar-refractivity contribution is 6.01. The summed E-state index contributed by atoms with van der Waals surface area (Å²) >= 11 is 0. The quantitative estimate of drug-likeness (QED) is 0.0358. The van der Waals surface area contributed by atoms with Crippen LogP contribution >= 0.6 is 0 Å². The zero-order chi connectivity index (χ0) is 41.6. The Labute approximate surface area is 351 Å². The van der Waals surface area contributed by atoms with Crippen molar-refractivity contribution in [1.82, 2.24) is 15.1 Å². The number of ether oxygens (including phenoxy) is 1. The maximum atomic E-state index is 12.6. The van der Waals surface area contributed by atoms with Crippen LogP contribution in [0.2, 0.25) is 0 Å². The van der Waals surface area contributed by atoms with Gasteiger partial charge in [0, 0.05) is 13.0 Å². The minimum Gasteiger partial charge on any atom is -0.481 e. The van der Waals surface area contributed by atoms with E-state index < -0.39 is 5.97 Å². The number of hydrogen-bond acceptors (Lipinski definition) is 6. The Morgan fingerprint density at radius 1 is 0.596 bits per heavy atom. The van der Waals surface area contributed by atoms with Crippen LogP contribution in [-0.4, -0.2) is 78.1 Å². The number of esters is 1. The average molecular weight is 806 g/mol. The molecule has 1 rings (SSSR count). The molecule has 1 aliphatic heterocycles. The highest BCUT2D eigenvalue weighted by Gasteiger charge is 2.28. The van der Waals surface area contributed by atoms with Crippen LogP contribution in [-0.2, 0) is 19.1 Å². The number of nitrogens with zero attached hydrogens (tertiary/aromatic N) is 2. The molecular weight excluding hydrogens is 715 g/mol. The zero-order valence-corrected chi connectivity index (χ0v) is 37.6. The fraction of sp³-hybridized carbons (Fsp3) is 0.917. The molecule has 57 heavy (non-hydrogen) atoms. The summed E-state index contributed by atoms with van der Waals surface area (Å²) < 4.78 is 5.45. The van der Waals surface area contributed by atoms with Crippen LogP contribution in [0, 0.1) is 11.8 Å². The summed E-state index contributed by atoms with van der Waals surface area (Å²) in [5.41, 5.74) is 0. The van der Waals surface area contributed by atoms with Crippen molar-refractivity contribution in [3.8, 4) is 0 Å². The summed E-state index contributed by atoms with van der Waals surface area (Å²) in [5, 5.41) is 12.9. The summed E-state index contributed by atoms with van der Waals surface area (Å²) in [4.78, 5) is 52.6. The molecule has 334 valence electrons. The standard InChI is InChI=1S/C48H91N3O6/c1-4-7-10-13-16-24-31-41-57-46(53)36-28-20-17-22-29-37-50(39-32-40-51-45(52)42-49-48(51)56)38-30-23-21-27-35-44(47(54)55)43(33-25-18-14-11-8-5-2)34-26-19-15-12-9-6-3/h43-44H,4-42H2,1-3H3,(H,49,56)(H,54,55). The number of aliphatic carboxylic acids is 1. The van der Waals surface area contributed by atoms with Crippen molar-refractivity contribution in [3.63, 3.8) is 0 Å². The molecule has 1 aliphatic rings. The summed E-state index contributed by atoms with van der Waals surface area (Å²) in [6, 6.07) is -0.283. The van der Waals surface area contributed by atoms with Gasteiger partial charge in [0.05, 0.1) is 19.1 Å². The Bertz CT molecular complexity index is 961. The molecule has 0 spiro atoms. The minimum absolute atomic E-state index is 0.0584. The fourth-order valence-corrected chi connectivity index (χ4v) is 8.46. The number of carbonyl (C=O) groups is 4. The first kappa shape index (κ1) is 52.9. The lowest BCUT2D eigenvalue weighted by Gasteiger charge is -2.25. The largest absolute Gasteiger partial charge is 0.481 e. The molecule has 1 fully saturated rings. The molecule has 1 saturated heterocycles. The van der Waals surface area contributed by atoms with Gasteiger partial charge in [-0.05, 0) is 76.9 Å². The topological polar surface area (TPSA) is 116 Å². The van der Waals surface area contributed by atoms with E-state index >= 15 is 0 Å². The normalized spacial score (nSPS) is 13.6. The molecule has 0 aromatic rings. The number of unbranched alkanes of at least 4 members (excludes halogenated alkanes) is 23. The first-order valence-corrected chi connectivity index (χ1v) is 24.5. The first-order valence-electron chi connectivity index (χ1n) is 24.5. The predicted octanol–water partition coefficient (Wildman–Crippen LogP) is 12.6. The second-order valence-electron chi connectivity index (χ2n) is 17.3. The third-order valence-electron chi connectivity index (χ3n) is 12.1. The van der Waals surface area contributed by atoms with Gasteiger partial charge in [-0.3, -0.25) is 19.3 Å². The van der Waals surface area contributed by atoms with Gasteiger partial charge in [0.15, 0.2) is 0 Å². The van der Waals surface area contributed by atoms with Gasteiger partial charge in [0.2, 0.25) is 5.91 Å². The number of carboxylic acid groups (broad SMARTS) is 1. The Hall–Kier alpha value is -2.16. The average Bonchev–Trinajstić information content (AvgIpc) is 3.52. The molecule has 2 N–H and O–H groups in total. The monoisotopic (exact) mass is 806 g/mol. The van der Waals surface area contributed by atoms with Gasteiger partial charge in [-0.15, -0.1) is 0 Å². The Morgan fingerprint density at radius 3 is 1.53 bits per heavy atom. The van der Waals surface area contributed by atoms with Gasteiger partial charge in [0.25, 0.3) is 0 Å². The molecule has 9 heteroatoms. The van der Waals surface area contributed by atoms with E-state index in [4.69, 9.17) is 4.74 Å². The van der Waals surface area contributed by atoms with E-state index in [0.717, 1.165) is 129 Å². The second-order valence-corrected chi connectivity index (χ2v) is 17.3. The van der Waals surface area contributed by atoms with Gasteiger partial charge in [0.1, 0.15) is 0 Å². The van der Waals surface area contributed by atoms with Gasteiger partial charge >= 0.3 is 18.0 Å². The molecule has 0 radical (unpaired) electrons. The third kappa shape index (κ3) is 29.7. The van der Waals surface area contributed by atoms with E-state index in [0.29, 0.717) is 25.5 Å². The van der Waals surface area contributed by atoms with Gasteiger partial charge in [-0.2, -0.15) is 0 Å². The van der Waals surface area contributed by atoms with E-state index in [9.17, 15) is 24.3 Å². The highest BCUT2D eigenvalue weighted by atomic mass is 16.5. The summed E-state index contributed by atoms with van der Waals surface area (Å²) in [6.45, 7) is 10.6. The number of amides is 3. The Balaban J connectivity index is 2.46. The van der Waals surface area contributed by atoms with Gasteiger partial charge < -0.3 is 20.1 Å². The molecule has 1 unspecified atom stereocenters. The van der Waals surface area contributed by atoms with E-state index in [1.54, 1.807) is 0 Å². The first-order chi connectivity index (χ1) is 27.8. The SMILES string of the molecule is CCCCCCCCCOC(=O)CCCCCCCN(CCCCCCC(C(=O)O)C(CCCCCCCC)CCCCCCCC)CCCN1C(=O)CNC1=O. The van der Waals surface area contributed by atoms with Crippen molar-refractivity contribution in [1.29, 1.82) is 0 Å². The Morgan fingerprint density at radius 2 is 1.04 bits per heavy atom. The maximum absolute atomic E-state index is 12.6. The molecule has 1 heterocycles. The molecule has 1 atom stereocenters. The van der Waals surface area contributed by atoms with Crippen molar-refractivity contribution >= 4 is 23.9 Å². The van der Waals surface area contributed by atoms with Crippen LogP contribution in [0.25, 0.3) is 0 Å². The summed E-state index contributed by atoms with van der Waals surface area (Å²) in [5.74, 6) is -0.717. The van der Waals surface area contributed by atoms with Gasteiger partial charge in [-0.1, -0.05) is 175 Å². The lowest BCUT2D eigenvalue weighted by Crippen LogP contribution is -2.35. The van der Waals surface area contributed by atoms with E-state index in [1.807, 2.05) is 0 Å². The maximum Gasteiger partial charge on any atom is 0.324 e. The van der Waals surface area contributed by atoms with Crippen LogP contribution in [0.5, 0.6) is 0 Å².